The molecule has 1 aliphatic carbocycles. The van der Waals surface area contributed by atoms with Gasteiger partial charge in [0.15, 0.2) is 4.80 Å². The van der Waals surface area contributed by atoms with Gasteiger partial charge in [-0.15, -0.1) is 0 Å². The Morgan fingerprint density at radius 3 is 2.51 bits per heavy atom. The first-order valence-corrected chi connectivity index (χ1v) is 15.0. The molecule has 1 unspecified atom stereocenters. The molecule has 0 spiro atoms. The number of ether oxygens (including phenoxy) is 1. The SMILES string of the molecule is O=c1c(=Cc2ccccc2OCc2ccccc2Cl)sc2n1C(c1ccc(Cl)cc1)C1=C(N=2)c2ccccc2CC1. The number of hydrogen-bond donors (Lipinski definition) is 0. The lowest BCUT2D eigenvalue weighted by Gasteiger charge is -2.30. The molecule has 0 radical (unpaired) electrons. The zero-order valence-corrected chi connectivity index (χ0v) is 24.2. The molecule has 2 heterocycles. The summed E-state index contributed by atoms with van der Waals surface area (Å²) in [5.74, 6) is 0.681. The highest BCUT2D eigenvalue weighted by Crippen LogP contribution is 2.41. The van der Waals surface area contributed by atoms with Gasteiger partial charge in [-0.3, -0.25) is 9.36 Å². The van der Waals surface area contributed by atoms with Crippen LogP contribution in [-0.4, -0.2) is 4.57 Å². The molecule has 0 saturated carbocycles. The van der Waals surface area contributed by atoms with E-state index >= 15 is 0 Å². The number of aryl methyl sites for hydroxylation is 1. The summed E-state index contributed by atoms with van der Waals surface area (Å²) in [6.07, 6.45) is 3.65. The predicted octanol–water partition coefficient (Wildman–Crippen LogP) is 7.20. The summed E-state index contributed by atoms with van der Waals surface area (Å²) in [6.45, 7) is 0.328. The average Bonchev–Trinajstić information content (AvgIpc) is 3.31. The van der Waals surface area contributed by atoms with Crippen LogP contribution in [0.1, 0.15) is 40.3 Å². The standard InChI is InChI=1S/C34H24Cl2N2O2S/c35-25-16-13-22(14-17-25)32-27-18-15-21-7-1-4-10-26(21)31(27)37-34-38(32)33(39)30(41-34)19-23-8-3-6-12-29(23)40-20-24-9-2-5-11-28(24)36/h1-14,16-17,19,32H,15,18,20H2. The number of para-hydroxylation sites is 1. The average molecular weight is 596 g/mol. The molecule has 0 bridgehead atoms. The van der Waals surface area contributed by atoms with E-state index in [0.717, 1.165) is 46.4 Å². The fourth-order valence-electron chi connectivity index (χ4n) is 5.61. The van der Waals surface area contributed by atoms with E-state index in [1.165, 1.54) is 16.9 Å². The Morgan fingerprint density at radius 1 is 0.902 bits per heavy atom. The molecule has 5 aromatic rings. The molecule has 41 heavy (non-hydrogen) atoms. The summed E-state index contributed by atoms with van der Waals surface area (Å²) < 4.78 is 8.62. The number of fused-ring (bicyclic) bond motifs is 3. The summed E-state index contributed by atoms with van der Waals surface area (Å²) in [5.41, 5.74) is 7.24. The van der Waals surface area contributed by atoms with Gasteiger partial charge >= 0.3 is 0 Å². The fraction of sp³-hybridized carbons (Fsp3) is 0.118. The number of nitrogens with zero attached hydrogens (tertiary/aromatic N) is 2. The number of hydrogen-bond acceptors (Lipinski definition) is 4. The lowest BCUT2D eigenvalue weighted by molar-refractivity contribution is 0.305. The van der Waals surface area contributed by atoms with Crippen molar-refractivity contribution >= 4 is 46.3 Å². The van der Waals surface area contributed by atoms with Gasteiger partial charge in [-0.25, -0.2) is 4.99 Å². The Bertz CT molecular complexity index is 2010. The molecule has 2 aliphatic rings. The largest absolute Gasteiger partial charge is 0.488 e. The summed E-state index contributed by atoms with van der Waals surface area (Å²) in [6, 6.07) is 31.3. The molecular formula is C34H24Cl2N2O2S. The first kappa shape index (κ1) is 26.0. The van der Waals surface area contributed by atoms with Crippen LogP contribution in [0, 0.1) is 0 Å². The quantitative estimate of drug-likeness (QED) is 0.216. The molecule has 0 amide bonds. The minimum atomic E-state index is -0.249. The highest BCUT2D eigenvalue weighted by atomic mass is 35.5. The number of halogens is 2. The first-order chi connectivity index (χ1) is 20.1. The normalized spacial score (nSPS) is 16.0. The molecule has 1 aliphatic heterocycles. The second-order valence-corrected chi connectivity index (χ2v) is 11.9. The van der Waals surface area contributed by atoms with Crippen LogP contribution in [0.25, 0.3) is 11.8 Å². The zero-order valence-electron chi connectivity index (χ0n) is 21.9. The van der Waals surface area contributed by atoms with Crippen molar-refractivity contribution in [2.45, 2.75) is 25.5 Å². The summed E-state index contributed by atoms with van der Waals surface area (Å²) in [5, 5.41) is 1.32. The van der Waals surface area contributed by atoms with Crippen LogP contribution in [0.15, 0.2) is 112 Å². The molecule has 7 heteroatoms. The Morgan fingerprint density at radius 2 is 1.66 bits per heavy atom. The van der Waals surface area contributed by atoms with E-state index in [2.05, 4.69) is 24.3 Å². The van der Waals surface area contributed by atoms with Crippen molar-refractivity contribution in [2.75, 3.05) is 0 Å². The van der Waals surface area contributed by atoms with Crippen LogP contribution >= 0.6 is 34.5 Å². The van der Waals surface area contributed by atoms with Gasteiger partial charge in [-0.2, -0.15) is 0 Å². The van der Waals surface area contributed by atoms with Gasteiger partial charge in [0.1, 0.15) is 12.4 Å². The van der Waals surface area contributed by atoms with Gasteiger partial charge in [0, 0.05) is 26.7 Å². The summed E-state index contributed by atoms with van der Waals surface area (Å²) in [4.78, 5) is 19.9. The van der Waals surface area contributed by atoms with Crippen LogP contribution in [0.5, 0.6) is 5.75 Å². The number of allylic oxidation sites excluding steroid dienone is 1. The number of benzene rings is 4. The van der Waals surface area contributed by atoms with Crippen molar-refractivity contribution in [1.29, 1.82) is 0 Å². The van der Waals surface area contributed by atoms with Crippen LogP contribution in [0.3, 0.4) is 0 Å². The molecule has 1 aromatic heterocycles. The molecule has 4 nitrogen and oxygen atoms in total. The Balaban J connectivity index is 1.36. The van der Waals surface area contributed by atoms with Crippen LogP contribution in [-0.2, 0) is 13.0 Å². The molecule has 7 rings (SSSR count). The van der Waals surface area contributed by atoms with Crippen LogP contribution in [0.2, 0.25) is 10.0 Å². The van der Waals surface area contributed by atoms with Crippen molar-refractivity contribution in [3.63, 3.8) is 0 Å². The van der Waals surface area contributed by atoms with Crippen molar-refractivity contribution < 1.29 is 4.74 Å². The van der Waals surface area contributed by atoms with Gasteiger partial charge < -0.3 is 4.74 Å². The number of thiazole rings is 1. The lowest BCUT2D eigenvalue weighted by atomic mass is 9.83. The molecule has 202 valence electrons. The van der Waals surface area contributed by atoms with Crippen molar-refractivity contribution in [3.05, 3.63) is 160 Å². The van der Waals surface area contributed by atoms with Gasteiger partial charge in [0.25, 0.3) is 5.56 Å². The number of rotatable bonds is 5. The van der Waals surface area contributed by atoms with E-state index in [9.17, 15) is 4.79 Å². The van der Waals surface area contributed by atoms with E-state index in [1.807, 2.05) is 83.4 Å². The van der Waals surface area contributed by atoms with E-state index in [-0.39, 0.29) is 11.6 Å². The molecule has 4 aromatic carbocycles. The molecule has 0 N–H and O–H groups in total. The van der Waals surface area contributed by atoms with Crippen molar-refractivity contribution in [2.24, 2.45) is 4.99 Å². The third-order valence-corrected chi connectivity index (χ3v) is 9.21. The molecule has 1 atom stereocenters. The maximum absolute atomic E-state index is 14.1. The van der Waals surface area contributed by atoms with Gasteiger partial charge in [-0.1, -0.05) is 107 Å². The summed E-state index contributed by atoms with van der Waals surface area (Å²) >= 11 is 14.0. The highest BCUT2D eigenvalue weighted by molar-refractivity contribution is 7.07. The minimum absolute atomic E-state index is 0.0694. The van der Waals surface area contributed by atoms with Crippen LogP contribution in [0.4, 0.5) is 0 Å². The third kappa shape index (κ3) is 4.84. The maximum Gasteiger partial charge on any atom is 0.271 e. The lowest BCUT2D eigenvalue weighted by Crippen LogP contribution is -2.38. The second-order valence-electron chi connectivity index (χ2n) is 10.1. The maximum atomic E-state index is 14.1. The van der Waals surface area contributed by atoms with Crippen LogP contribution < -0.4 is 19.6 Å². The van der Waals surface area contributed by atoms with Crippen molar-refractivity contribution in [3.8, 4) is 5.75 Å². The Hall–Kier alpha value is -3.90. The van der Waals surface area contributed by atoms with E-state index < -0.39 is 0 Å². The zero-order chi connectivity index (χ0) is 27.9. The highest BCUT2D eigenvalue weighted by Gasteiger charge is 2.32. The predicted molar refractivity (Wildman–Crippen MR) is 166 cm³/mol. The third-order valence-electron chi connectivity index (χ3n) is 7.61. The monoisotopic (exact) mass is 594 g/mol. The topological polar surface area (TPSA) is 43.6 Å². The molecule has 0 fully saturated rings. The van der Waals surface area contributed by atoms with E-state index in [1.54, 1.807) is 0 Å². The smallest absolute Gasteiger partial charge is 0.271 e. The van der Waals surface area contributed by atoms with Crippen molar-refractivity contribution in [1.82, 2.24) is 4.57 Å². The first-order valence-electron chi connectivity index (χ1n) is 13.4. The van der Waals surface area contributed by atoms with E-state index in [0.29, 0.717) is 31.7 Å². The molecular weight excluding hydrogens is 571 g/mol. The summed E-state index contributed by atoms with van der Waals surface area (Å²) in [7, 11) is 0. The van der Waals surface area contributed by atoms with Gasteiger partial charge in [0.05, 0.1) is 16.3 Å². The number of aromatic nitrogens is 1. The molecule has 0 saturated heterocycles. The second kappa shape index (κ2) is 10.8. The fourth-order valence-corrected chi connectivity index (χ4v) is 6.92. The minimum Gasteiger partial charge on any atom is -0.488 e. The van der Waals surface area contributed by atoms with E-state index in [4.69, 9.17) is 32.9 Å². The van der Waals surface area contributed by atoms with Gasteiger partial charge in [0.2, 0.25) is 0 Å². The van der Waals surface area contributed by atoms with Gasteiger partial charge in [-0.05, 0) is 59.9 Å². The Labute approximate surface area is 251 Å². The Kier molecular flexibility index (Phi) is 6.87.